The molecular formula is C29H24ClFN6O2. The van der Waals surface area contributed by atoms with Gasteiger partial charge in [0, 0.05) is 52.8 Å². The summed E-state index contributed by atoms with van der Waals surface area (Å²) < 4.78 is 21.1. The summed E-state index contributed by atoms with van der Waals surface area (Å²) in [4.78, 5) is 23.3. The number of anilines is 1. The molecule has 0 radical (unpaired) electrons. The average Bonchev–Trinajstić information content (AvgIpc) is 3.65. The lowest BCUT2D eigenvalue weighted by molar-refractivity contribution is 0.0690. The third-order valence-electron chi connectivity index (χ3n) is 6.92. The molecule has 4 heterocycles. The third-order valence-corrected chi connectivity index (χ3v) is 7.15. The molecule has 1 amide bonds. The highest BCUT2D eigenvalue weighted by molar-refractivity contribution is 6.30. The van der Waals surface area contributed by atoms with Crippen LogP contribution in [0.5, 0.6) is 0 Å². The van der Waals surface area contributed by atoms with Crippen LogP contribution in [0.15, 0.2) is 83.8 Å². The van der Waals surface area contributed by atoms with Crippen molar-refractivity contribution in [3.8, 4) is 33.9 Å². The second-order valence-electron chi connectivity index (χ2n) is 9.44. The molecule has 3 aromatic heterocycles. The Morgan fingerprint density at radius 3 is 2.54 bits per heavy atom. The molecule has 196 valence electrons. The summed E-state index contributed by atoms with van der Waals surface area (Å²) in [5.74, 6) is 0.812. The zero-order valence-electron chi connectivity index (χ0n) is 20.8. The van der Waals surface area contributed by atoms with E-state index in [1.165, 1.54) is 24.3 Å². The lowest BCUT2D eigenvalue weighted by Gasteiger charge is -2.32. The number of pyridine rings is 1. The van der Waals surface area contributed by atoms with E-state index in [9.17, 15) is 9.18 Å². The quantitative estimate of drug-likeness (QED) is 0.287. The van der Waals surface area contributed by atoms with Gasteiger partial charge < -0.3 is 15.1 Å². The summed E-state index contributed by atoms with van der Waals surface area (Å²) in [7, 11) is 0. The van der Waals surface area contributed by atoms with Gasteiger partial charge >= 0.3 is 0 Å². The second-order valence-corrected chi connectivity index (χ2v) is 9.87. The number of hydrogen-bond donors (Lipinski definition) is 1. The van der Waals surface area contributed by atoms with Crippen LogP contribution >= 0.6 is 11.6 Å². The topological polar surface area (TPSA) is 103 Å². The first kappa shape index (κ1) is 24.8. The molecule has 0 saturated carbocycles. The van der Waals surface area contributed by atoms with E-state index in [0.717, 1.165) is 29.5 Å². The van der Waals surface area contributed by atoms with Crippen molar-refractivity contribution in [1.29, 1.82) is 0 Å². The maximum absolute atomic E-state index is 13.2. The van der Waals surface area contributed by atoms with E-state index in [1.807, 2.05) is 29.1 Å². The Hall–Kier alpha value is -4.50. The van der Waals surface area contributed by atoms with Crippen LogP contribution in [0.2, 0.25) is 5.02 Å². The van der Waals surface area contributed by atoms with E-state index < -0.39 is 0 Å². The van der Waals surface area contributed by atoms with Gasteiger partial charge in [-0.15, -0.1) is 0 Å². The van der Waals surface area contributed by atoms with Crippen LogP contribution in [-0.4, -0.2) is 43.6 Å². The lowest BCUT2D eigenvalue weighted by atomic mass is 10.0. The fraction of sp³-hybridized carbons (Fsp3) is 0.172. The van der Waals surface area contributed by atoms with E-state index >= 15 is 0 Å². The number of nitrogen functional groups attached to an aromatic ring is 1. The maximum Gasteiger partial charge on any atom is 0.253 e. The Bertz CT molecular complexity index is 1640. The van der Waals surface area contributed by atoms with Crippen LogP contribution in [-0.2, 0) is 0 Å². The van der Waals surface area contributed by atoms with Gasteiger partial charge in [-0.05, 0) is 55.3 Å². The van der Waals surface area contributed by atoms with Gasteiger partial charge in [0.25, 0.3) is 5.91 Å². The molecule has 1 fully saturated rings. The molecule has 0 aliphatic carbocycles. The van der Waals surface area contributed by atoms with Crippen molar-refractivity contribution in [2.75, 3.05) is 18.8 Å². The highest BCUT2D eigenvalue weighted by Gasteiger charge is 2.25. The number of piperidine rings is 1. The Labute approximate surface area is 228 Å². The maximum atomic E-state index is 13.2. The monoisotopic (exact) mass is 542 g/mol. The minimum absolute atomic E-state index is 0.0832. The van der Waals surface area contributed by atoms with Gasteiger partial charge in [-0.2, -0.15) is 5.10 Å². The fourth-order valence-corrected chi connectivity index (χ4v) is 4.96. The minimum Gasteiger partial charge on any atom is -0.436 e. The van der Waals surface area contributed by atoms with Crippen LogP contribution in [0, 0.1) is 5.82 Å². The van der Waals surface area contributed by atoms with Gasteiger partial charge in [-0.1, -0.05) is 23.7 Å². The largest absolute Gasteiger partial charge is 0.436 e. The SMILES string of the molecule is Nc1ncc(-c2cnn(C3CCN(C(=O)c4ccc(F)cc4)CC3)c2)cc1-c1ncc(-c2cccc(Cl)c2)o1. The van der Waals surface area contributed by atoms with Crippen molar-refractivity contribution in [1.82, 2.24) is 24.6 Å². The highest BCUT2D eigenvalue weighted by Crippen LogP contribution is 2.33. The summed E-state index contributed by atoms with van der Waals surface area (Å²) in [6, 6.07) is 15.1. The van der Waals surface area contributed by atoms with Gasteiger partial charge in [0.1, 0.15) is 11.6 Å². The van der Waals surface area contributed by atoms with Crippen LogP contribution in [0.25, 0.3) is 33.9 Å². The number of carbonyl (C=O) groups is 1. The lowest BCUT2D eigenvalue weighted by Crippen LogP contribution is -2.39. The molecule has 0 bridgehead atoms. The van der Waals surface area contributed by atoms with Crippen molar-refractivity contribution in [3.63, 3.8) is 0 Å². The molecule has 2 aromatic carbocycles. The first-order valence-electron chi connectivity index (χ1n) is 12.5. The zero-order chi connectivity index (χ0) is 26.9. The first-order valence-corrected chi connectivity index (χ1v) is 12.9. The third kappa shape index (κ3) is 5.13. The molecule has 6 rings (SSSR count). The Kier molecular flexibility index (Phi) is 6.58. The molecule has 5 aromatic rings. The van der Waals surface area contributed by atoms with Crippen LogP contribution in [0.3, 0.4) is 0 Å². The van der Waals surface area contributed by atoms with Gasteiger partial charge in [-0.3, -0.25) is 9.48 Å². The highest BCUT2D eigenvalue weighted by atomic mass is 35.5. The molecule has 8 nitrogen and oxygen atoms in total. The number of rotatable bonds is 5. The minimum atomic E-state index is -0.356. The van der Waals surface area contributed by atoms with E-state index in [-0.39, 0.29) is 17.8 Å². The Morgan fingerprint density at radius 1 is 0.974 bits per heavy atom. The predicted octanol–water partition coefficient (Wildman–Crippen LogP) is 6.12. The van der Waals surface area contributed by atoms with Gasteiger partial charge in [0.2, 0.25) is 5.89 Å². The van der Waals surface area contributed by atoms with Gasteiger partial charge in [-0.25, -0.2) is 14.4 Å². The normalized spacial score (nSPS) is 14.1. The fourth-order valence-electron chi connectivity index (χ4n) is 4.77. The molecule has 2 N–H and O–H groups in total. The predicted molar refractivity (Wildman–Crippen MR) is 146 cm³/mol. The second kappa shape index (κ2) is 10.3. The van der Waals surface area contributed by atoms with Crippen LogP contribution in [0.1, 0.15) is 29.2 Å². The summed E-state index contributed by atoms with van der Waals surface area (Å²) in [6.45, 7) is 1.20. The molecule has 0 spiro atoms. The van der Waals surface area contributed by atoms with Crippen LogP contribution in [0.4, 0.5) is 10.2 Å². The number of hydrogen-bond acceptors (Lipinski definition) is 6. The van der Waals surface area contributed by atoms with E-state index in [1.54, 1.807) is 35.6 Å². The smallest absolute Gasteiger partial charge is 0.253 e. The first-order chi connectivity index (χ1) is 18.9. The van der Waals surface area contributed by atoms with Crippen LogP contribution < -0.4 is 5.73 Å². The summed E-state index contributed by atoms with van der Waals surface area (Å²) in [5.41, 5.74) is 9.79. The zero-order valence-corrected chi connectivity index (χ0v) is 21.6. The van der Waals surface area contributed by atoms with Gasteiger partial charge in [0.15, 0.2) is 5.76 Å². The summed E-state index contributed by atoms with van der Waals surface area (Å²) in [6.07, 6.45) is 8.64. The molecular weight excluding hydrogens is 519 g/mol. The van der Waals surface area contributed by atoms with Gasteiger partial charge in [0.05, 0.1) is 24.0 Å². The molecule has 1 saturated heterocycles. The van der Waals surface area contributed by atoms with Crippen molar-refractivity contribution < 1.29 is 13.6 Å². The number of nitrogens with two attached hydrogens (primary N) is 1. The number of halogens is 2. The van der Waals surface area contributed by atoms with E-state index in [0.29, 0.717) is 46.7 Å². The summed E-state index contributed by atoms with van der Waals surface area (Å²) >= 11 is 6.11. The number of nitrogens with zero attached hydrogens (tertiary/aromatic N) is 5. The number of likely N-dealkylation sites (tertiary alicyclic amines) is 1. The molecule has 1 aliphatic heterocycles. The van der Waals surface area contributed by atoms with Crippen molar-refractivity contribution >= 4 is 23.3 Å². The number of carbonyl (C=O) groups excluding carboxylic acids is 1. The number of amides is 1. The number of aromatic nitrogens is 4. The standard InChI is InChI=1S/C29H24ClFN6O2/c30-22-3-1-2-19(12-22)26-16-34-28(39-26)25-13-20(14-33-27(25)32)21-15-35-37(17-21)24-8-10-36(11-9-24)29(38)18-4-6-23(31)7-5-18/h1-7,12-17,24H,8-11H2,(H2,32,33). The average molecular weight is 543 g/mol. The van der Waals surface area contributed by atoms with Crippen molar-refractivity contribution in [2.24, 2.45) is 0 Å². The molecule has 39 heavy (non-hydrogen) atoms. The Morgan fingerprint density at radius 2 is 1.77 bits per heavy atom. The molecule has 0 unspecified atom stereocenters. The number of benzene rings is 2. The van der Waals surface area contributed by atoms with Crippen molar-refractivity contribution in [3.05, 3.63) is 95.8 Å². The summed E-state index contributed by atoms with van der Waals surface area (Å²) in [5, 5.41) is 5.20. The van der Waals surface area contributed by atoms with Crippen molar-refractivity contribution in [2.45, 2.75) is 18.9 Å². The number of oxazole rings is 1. The molecule has 1 aliphatic rings. The Balaban J connectivity index is 1.16. The van der Waals surface area contributed by atoms with E-state index in [2.05, 4.69) is 15.1 Å². The molecule has 0 atom stereocenters. The van der Waals surface area contributed by atoms with E-state index in [4.69, 9.17) is 21.8 Å². The molecule has 10 heteroatoms.